The maximum atomic E-state index is 12.0. The second-order valence-corrected chi connectivity index (χ2v) is 5.19. The van der Waals surface area contributed by atoms with E-state index < -0.39 is 17.4 Å². The molecule has 0 aliphatic carbocycles. The lowest BCUT2D eigenvalue weighted by atomic mass is 10.2. The molecule has 7 heteroatoms. The van der Waals surface area contributed by atoms with Gasteiger partial charge in [-0.1, -0.05) is 0 Å². The van der Waals surface area contributed by atoms with Crippen LogP contribution < -0.4 is 10.9 Å². The Balaban J connectivity index is 2.29. The molecule has 1 amide bonds. The Bertz CT molecular complexity index is 783. The summed E-state index contributed by atoms with van der Waals surface area (Å²) in [4.78, 5) is 37.3. The summed E-state index contributed by atoms with van der Waals surface area (Å²) >= 11 is 3.11. The molecule has 3 N–H and O–H groups in total. The minimum atomic E-state index is -1.12. The minimum Gasteiger partial charge on any atom is -0.478 e. The second kappa shape index (κ2) is 5.92. The summed E-state index contributed by atoms with van der Waals surface area (Å²) in [5.74, 6) is -1.72. The number of rotatable bonds is 3. The van der Waals surface area contributed by atoms with Gasteiger partial charge >= 0.3 is 5.97 Å². The van der Waals surface area contributed by atoms with Gasteiger partial charge in [-0.05, 0) is 53.2 Å². The molecule has 0 unspecified atom stereocenters. The lowest BCUT2D eigenvalue weighted by Gasteiger charge is -2.07. The maximum Gasteiger partial charge on any atom is 0.336 e. The van der Waals surface area contributed by atoms with Gasteiger partial charge in [0.05, 0.1) is 5.56 Å². The van der Waals surface area contributed by atoms with E-state index in [1.807, 2.05) is 0 Å². The van der Waals surface area contributed by atoms with Crippen LogP contribution in [-0.4, -0.2) is 22.0 Å². The van der Waals surface area contributed by atoms with Gasteiger partial charge < -0.3 is 15.4 Å². The fraction of sp³-hybridized carbons (Fsp3) is 0.0714. The van der Waals surface area contributed by atoms with Gasteiger partial charge in [0.2, 0.25) is 0 Å². The number of carbonyl (C=O) groups is 2. The molecule has 0 fully saturated rings. The molecular weight excluding hydrogens is 340 g/mol. The van der Waals surface area contributed by atoms with E-state index in [1.165, 1.54) is 24.3 Å². The van der Waals surface area contributed by atoms with Gasteiger partial charge in [0.1, 0.15) is 5.56 Å². The van der Waals surface area contributed by atoms with Crippen LogP contribution in [0.3, 0.4) is 0 Å². The predicted molar refractivity (Wildman–Crippen MR) is 80.9 cm³/mol. The van der Waals surface area contributed by atoms with E-state index in [2.05, 4.69) is 26.2 Å². The molecule has 1 aromatic heterocycles. The number of nitrogens with one attached hydrogen (secondary N) is 2. The highest BCUT2D eigenvalue weighted by Gasteiger charge is 2.13. The average Bonchev–Trinajstić information content (AvgIpc) is 2.40. The van der Waals surface area contributed by atoms with E-state index in [-0.39, 0.29) is 11.1 Å². The first-order valence-electron chi connectivity index (χ1n) is 5.92. The monoisotopic (exact) mass is 350 g/mol. The van der Waals surface area contributed by atoms with Crippen molar-refractivity contribution in [2.75, 3.05) is 5.32 Å². The number of hydrogen-bond donors (Lipinski definition) is 3. The molecule has 1 heterocycles. The molecule has 0 spiro atoms. The van der Waals surface area contributed by atoms with E-state index in [0.717, 1.165) is 0 Å². The molecule has 6 nitrogen and oxygen atoms in total. The van der Waals surface area contributed by atoms with Crippen molar-refractivity contribution in [1.82, 2.24) is 4.98 Å². The third kappa shape index (κ3) is 3.38. The predicted octanol–water partition coefficient (Wildman–Crippen LogP) is 2.40. The van der Waals surface area contributed by atoms with Crippen LogP contribution in [0.15, 0.2) is 39.6 Å². The van der Waals surface area contributed by atoms with E-state index in [9.17, 15) is 14.4 Å². The molecule has 0 bridgehead atoms. The molecule has 21 heavy (non-hydrogen) atoms. The topological polar surface area (TPSA) is 99.3 Å². The van der Waals surface area contributed by atoms with Crippen molar-refractivity contribution >= 4 is 33.5 Å². The smallest absolute Gasteiger partial charge is 0.336 e. The fourth-order valence-electron chi connectivity index (χ4n) is 1.72. The number of aryl methyl sites for hydroxylation is 1. The highest BCUT2D eigenvalue weighted by atomic mass is 79.9. The molecule has 0 atom stereocenters. The second-order valence-electron chi connectivity index (χ2n) is 4.34. The summed E-state index contributed by atoms with van der Waals surface area (Å²) in [6.45, 7) is 1.71. The highest BCUT2D eigenvalue weighted by Crippen LogP contribution is 2.21. The van der Waals surface area contributed by atoms with Crippen molar-refractivity contribution in [2.45, 2.75) is 6.92 Å². The number of aromatic nitrogens is 1. The van der Waals surface area contributed by atoms with Gasteiger partial charge in [-0.2, -0.15) is 0 Å². The number of carboxylic acids is 1. The molecule has 0 saturated carbocycles. The van der Waals surface area contributed by atoms with Gasteiger partial charge in [-0.3, -0.25) is 9.59 Å². The number of aromatic amines is 1. The molecule has 1 aromatic carbocycles. The number of benzene rings is 1. The first-order chi connectivity index (χ1) is 9.88. The molecule has 2 aromatic rings. The van der Waals surface area contributed by atoms with Crippen molar-refractivity contribution in [3.05, 3.63) is 62.0 Å². The average molecular weight is 351 g/mol. The summed E-state index contributed by atoms with van der Waals surface area (Å²) in [6.07, 6.45) is 0. The van der Waals surface area contributed by atoms with Crippen molar-refractivity contribution in [3.8, 4) is 0 Å². The van der Waals surface area contributed by atoms with E-state index in [1.54, 1.807) is 13.0 Å². The van der Waals surface area contributed by atoms with Gasteiger partial charge in [0, 0.05) is 15.9 Å². The van der Waals surface area contributed by atoms with Crippen LogP contribution in [0.25, 0.3) is 0 Å². The lowest BCUT2D eigenvalue weighted by molar-refractivity contribution is 0.0695. The van der Waals surface area contributed by atoms with Crippen molar-refractivity contribution < 1.29 is 14.7 Å². The number of hydrogen-bond acceptors (Lipinski definition) is 3. The minimum absolute atomic E-state index is 0.0191. The summed E-state index contributed by atoms with van der Waals surface area (Å²) in [5, 5.41) is 11.5. The van der Waals surface area contributed by atoms with Crippen molar-refractivity contribution in [2.24, 2.45) is 0 Å². The third-order valence-electron chi connectivity index (χ3n) is 2.75. The Morgan fingerprint density at radius 2 is 1.90 bits per heavy atom. The largest absolute Gasteiger partial charge is 0.478 e. The molecule has 108 valence electrons. The summed E-state index contributed by atoms with van der Waals surface area (Å²) in [7, 11) is 0. The Kier molecular flexibility index (Phi) is 4.23. The van der Waals surface area contributed by atoms with Crippen LogP contribution in [-0.2, 0) is 0 Å². The first-order valence-corrected chi connectivity index (χ1v) is 6.72. The quantitative estimate of drug-likeness (QED) is 0.791. The number of amides is 1. The zero-order valence-electron chi connectivity index (χ0n) is 10.9. The Labute approximate surface area is 127 Å². The number of H-pyrrole nitrogens is 1. The number of aromatic carboxylic acids is 1. The number of halogens is 1. The summed E-state index contributed by atoms with van der Waals surface area (Å²) < 4.78 is 0.404. The van der Waals surface area contributed by atoms with Crippen LogP contribution in [0, 0.1) is 6.92 Å². The lowest BCUT2D eigenvalue weighted by Crippen LogP contribution is -2.23. The van der Waals surface area contributed by atoms with Crippen LogP contribution in [0.2, 0.25) is 0 Å². The molecule has 2 rings (SSSR count). The zero-order valence-corrected chi connectivity index (χ0v) is 12.5. The SMILES string of the molecule is Cc1ccc(C(=O)Nc2ccc(Br)c(C(=O)O)c2)c(=O)[nH]1. The molecule has 0 aliphatic rings. The van der Waals surface area contributed by atoms with E-state index in [4.69, 9.17) is 5.11 Å². The fourth-order valence-corrected chi connectivity index (χ4v) is 2.13. The molecular formula is C14H11BrN2O4. The normalized spacial score (nSPS) is 10.2. The van der Waals surface area contributed by atoms with E-state index in [0.29, 0.717) is 15.9 Å². The molecule has 0 aliphatic heterocycles. The van der Waals surface area contributed by atoms with E-state index >= 15 is 0 Å². The Hall–Kier alpha value is -2.41. The Morgan fingerprint density at radius 1 is 1.19 bits per heavy atom. The number of carboxylic acid groups (broad SMARTS) is 1. The summed E-state index contributed by atoms with van der Waals surface area (Å²) in [5.41, 5.74) is 0.419. The van der Waals surface area contributed by atoms with Crippen molar-refractivity contribution in [3.63, 3.8) is 0 Å². The zero-order chi connectivity index (χ0) is 15.6. The van der Waals surface area contributed by atoms with Gasteiger partial charge in [-0.15, -0.1) is 0 Å². The highest BCUT2D eigenvalue weighted by molar-refractivity contribution is 9.10. The van der Waals surface area contributed by atoms with Crippen molar-refractivity contribution in [1.29, 1.82) is 0 Å². The van der Waals surface area contributed by atoms with Gasteiger partial charge in [0.15, 0.2) is 0 Å². The molecule has 0 saturated heterocycles. The maximum absolute atomic E-state index is 12.0. The van der Waals surface area contributed by atoms with Crippen LogP contribution in [0.4, 0.5) is 5.69 Å². The number of carbonyl (C=O) groups excluding carboxylic acids is 1. The van der Waals surface area contributed by atoms with Gasteiger partial charge in [-0.25, -0.2) is 4.79 Å². The van der Waals surface area contributed by atoms with Crippen LogP contribution in [0.5, 0.6) is 0 Å². The number of anilines is 1. The first kappa shape index (κ1) is 15.0. The summed E-state index contributed by atoms with van der Waals surface area (Å²) in [6, 6.07) is 7.39. The number of pyridine rings is 1. The third-order valence-corrected chi connectivity index (χ3v) is 3.45. The van der Waals surface area contributed by atoms with Crippen LogP contribution >= 0.6 is 15.9 Å². The standard InChI is InChI=1S/C14H11BrN2O4/c1-7-2-4-9(12(18)16-7)13(19)17-8-3-5-11(15)10(6-8)14(20)21/h2-6H,1H3,(H,16,18)(H,17,19)(H,20,21). The van der Waals surface area contributed by atoms with Crippen LogP contribution in [0.1, 0.15) is 26.4 Å². The molecule has 0 radical (unpaired) electrons. The van der Waals surface area contributed by atoms with Gasteiger partial charge in [0.25, 0.3) is 11.5 Å². The Morgan fingerprint density at radius 3 is 2.52 bits per heavy atom.